The Hall–Kier alpha value is -2.92. The van der Waals surface area contributed by atoms with Crippen LogP contribution in [0.1, 0.15) is 56.1 Å². The van der Waals surface area contributed by atoms with E-state index in [1.807, 2.05) is 53.4 Å². The Labute approximate surface area is 191 Å². The average Bonchev–Trinajstić information content (AvgIpc) is 3.25. The summed E-state index contributed by atoms with van der Waals surface area (Å²) < 4.78 is 0. The fraction of sp³-hybridized carbons (Fsp3) is 0.407. The topological polar surface area (TPSA) is 52.7 Å². The van der Waals surface area contributed by atoms with Crippen molar-refractivity contribution in [3.63, 3.8) is 0 Å². The molecule has 0 atom stereocenters. The predicted octanol–water partition coefficient (Wildman–Crippen LogP) is 5.23. The van der Waals surface area contributed by atoms with Gasteiger partial charge >= 0.3 is 0 Å². The van der Waals surface area contributed by atoms with Crippen molar-refractivity contribution in [2.75, 3.05) is 23.8 Å². The molecule has 32 heavy (non-hydrogen) atoms. The fourth-order valence-electron chi connectivity index (χ4n) is 4.73. The maximum Gasteiger partial charge on any atom is 0.248 e. The number of carbonyl (C=O) groups excluding carboxylic acids is 2. The van der Waals surface area contributed by atoms with Gasteiger partial charge in [0.1, 0.15) is 0 Å². The molecule has 2 aromatic rings. The normalized spacial score (nSPS) is 17.4. The zero-order valence-electron chi connectivity index (χ0n) is 18.9. The molecule has 1 saturated carbocycles. The maximum absolute atomic E-state index is 12.6. The van der Waals surface area contributed by atoms with E-state index in [0.29, 0.717) is 12.5 Å². The van der Waals surface area contributed by atoms with Gasteiger partial charge in [0.05, 0.1) is 0 Å². The third kappa shape index (κ3) is 5.65. The van der Waals surface area contributed by atoms with Gasteiger partial charge in [-0.2, -0.15) is 0 Å². The van der Waals surface area contributed by atoms with Crippen molar-refractivity contribution in [3.8, 4) is 0 Å². The van der Waals surface area contributed by atoms with Crippen LogP contribution in [0.15, 0.2) is 54.6 Å². The van der Waals surface area contributed by atoms with E-state index in [9.17, 15) is 9.59 Å². The van der Waals surface area contributed by atoms with Crippen molar-refractivity contribution in [2.24, 2.45) is 0 Å². The average molecular weight is 432 g/mol. The highest BCUT2D eigenvalue weighted by atomic mass is 16.2. The molecule has 0 aromatic heterocycles. The van der Waals surface area contributed by atoms with Crippen LogP contribution in [0.2, 0.25) is 0 Å². The minimum atomic E-state index is -0.142. The molecule has 1 saturated heterocycles. The molecule has 2 aliphatic rings. The molecule has 0 unspecified atom stereocenters. The van der Waals surface area contributed by atoms with Gasteiger partial charge in [0.25, 0.3) is 0 Å². The SMILES string of the molecule is CN(Cc1ccccc1NC(=O)/C=C/c1ccc(N2CCCC2=O)cc1)C1CCCCC1. The number of nitrogens with one attached hydrogen (secondary N) is 1. The van der Waals surface area contributed by atoms with E-state index < -0.39 is 0 Å². The second-order valence-corrected chi connectivity index (χ2v) is 8.93. The van der Waals surface area contributed by atoms with Crippen molar-refractivity contribution < 1.29 is 9.59 Å². The van der Waals surface area contributed by atoms with Crippen LogP contribution in [-0.4, -0.2) is 36.3 Å². The van der Waals surface area contributed by atoms with E-state index in [2.05, 4.69) is 23.3 Å². The number of benzene rings is 2. The first-order valence-electron chi connectivity index (χ1n) is 11.8. The number of amides is 2. The van der Waals surface area contributed by atoms with Gasteiger partial charge in [-0.15, -0.1) is 0 Å². The van der Waals surface area contributed by atoms with E-state index in [1.165, 1.54) is 32.1 Å². The lowest BCUT2D eigenvalue weighted by molar-refractivity contribution is -0.117. The summed E-state index contributed by atoms with van der Waals surface area (Å²) >= 11 is 0. The molecular weight excluding hydrogens is 398 g/mol. The van der Waals surface area contributed by atoms with Crippen molar-refractivity contribution in [1.82, 2.24) is 4.90 Å². The standard InChI is InChI=1S/C27H33N3O2/c1-29(23-9-3-2-4-10-23)20-22-8-5-6-11-25(22)28-26(31)18-15-21-13-16-24(17-14-21)30-19-7-12-27(30)32/h5-6,8,11,13-18,23H,2-4,7,9-10,12,19-20H2,1H3,(H,28,31)/b18-15+. The first-order chi connectivity index (χ1) is 15.6. The monoisotopic (exact) mass is 431 g/mol. The number of hydrogen-bond donors (Lipinski definition) is 1. The van der Waals surface area contributed by atoms with E-state index in [4.69, 9.17) is 0 Å². The molecule has 2 amide bonds. The molecule has 5 heteroatoms. The summed E-state index contributed by atoms with van der Waals surface area (Å²) in [5.74, 6) is 0.0389. The number of hydrogen-bond acceptors (Lipinski definition) is 3. The summed E-state index contributed by atoms with van der Waals surface area (Å²) in [6.07, 6.45) is 11.4. The molecule has 1 aliphatic heterocycles. The lowest BCUT2D eigenvalue weighted by Gasteiger charge is -2.31. The van der Waals surface area contributed by atoms with Gasteiger partial charge in [-0.1, -0.05) is 49.6 Å². The molecule has 4 rings (SSSR count). The lowest BCUT2D eigenvalue weighted by Crippen LogP contribution is -2.33. The molecule has 0 spiro atoms. The molecule has 5 nitrogen and oxygen atoms in total. The summed E-state index contributed by atoms with van der Waals surface area (Å²) in [5, 5.41) is 3.05. The highest BCUT2D eigenvalue weighted by Crippen LogP contribution is 2.25. The van der Waals surface area contributed by atoms with Crippen LogP contribution in [0, 0.1) is 0 Å². The Morgan fingerprint density at radius 1 is 1.06 bits per heavy atom. The second kappa shape index (κ2) is 10.6. The van der Waals surface area contributed by atoms with Crippen LogP contribution in [0.5, 0.6) is 0 Å². The van der Waals surface area contributed by atoms with Crippen LogP contribution in [0.3, 0.4) is 0 Å². The maximum atomic E-state index is 12.6. The Kier molecular flexibility index (Phi) is 7.38. The summed E-state index contributed by atoms with van der Waals surface area (Å²) in [5.41, 5.74) is 3.86. The summed E-state index contributed by atoms with van der Waals surface area (Å²) in [6, 6.07) is 16.5. The van der Waals surface area contributed by atoms with Crippen molar-refractivity contribution >= 4 is 29.3 Å². The summed E-state index contributed by atoms with van der Waals surface area (Å²) in [4.78, 5) is 28.7. The quantitative estimate of drug-likeness (QED) is 0.611. The van der Waals surface area contributed by atoms with Crippen LogP contribution < -0.4 is 10.2 Å². The van der Waals surface area contributed by atoms with Gasteiger partial charge < -0.3 is 10.2 Å². The zero-order valence-corrected chi connectivity index (χ0v) is 18.9. The Balaban J connectivity index is 1.35. The Bertz CT molecular complexity index is 961. The van der Waals surface area contributed by atoms with Gasteiger partial charge in [0.15, 0.2) is 0 Å². The van der Waals surface area contributed by atoms with E-state index in [0.717, 1.165) is 42.0 Å². The van der Waals surface area contributed by atoms with Crippen LogP contribution in [0.25, 0.3) is 6.08 Å². The Morgan fingerprint density at radius 3 is 2.53 bits per heavy atom. The number of carbonyl (C=O) groups is 2. The minimum Gasteiger partial charge on any atom is -0.322 e. The minimum absolute atomic E-state index is 0.142. The van der Waals surface area contributed by atoms with Crippen LogP contribution in [-0.2, 0) is 16.1 Å². The molecule has 1 aliphatic carbocycles. The molecule has 2 aromatic carbocycles. The van der Waals surface area contributed by atoms with Gasteiger partial charge in [-0.05, 0) is 61.7 Å². The molecular formula is C27H33N3O2. The molecule has 0 radical (unpaired) electrons. The number of anilines is 2. The van der Waals surface area contributed by atoms with Crippen LogP contribution >= 0.6 is 0 Å². The van der Waals surface area contributed by atoms with Gasteiger partial charge in [0.2, 0.25) is 11.8 Å². The highest BCUT2D eigenvalue weighted by molar-refractivity contribution is 6.02. The smallest absolute Gasteiger partial charge is 0.248 e. The fourth-order valence-corrected chi connectivity index (χ4v) is 4.73. The van der Waals surface area contributed by atoms with Crippen molar-refractivity contribution in [3.05, 3.63) is 65.7 Å². The van der Waals surface area contributed by atoms with Crippen molar-refractivity contribution in [2.45, 2.75) is 57.5 Å². The van der Waals surface area contributed by atoms with E-state index >= 15 is 0 Å². The molecule has 168 valence electrons. The first-order valence-corrected chi connectivity index (χ1v) is 11.8. The molecule has 0 bridgehead atoms. The third-order valence-electron chi connectivity index (χ3n) is 6.60. The van der Waals surface area contributed by atoms with Gasteiger partial charge in [-0.25, -0.2) is 0 Å². The molecule has 2 fully saturated rings. The second-order valence-electron chi connectivity index (χ2n) is 8.93. The molecule has 1 N–H and O–H groups in total. The number of para-hydroxylation sites is 1. The van der Waals surface area contributed by atoms with E-state index in [1.54, 1.807) is 6.08 Å². The third-order valence-corrected chi connectivity index (χ3v) is 6.60. The number of rotatable bonds is 7. The molecule has 1 heterocycles. The summed E-state index contributed by atoms with van der Waals surface area (Å²) in [7, 11) is 2.19. The van der Waals surface area contributed by atoms with Gasteiger partial charge in [0, 0.05) is 43.0 Å². The Morgan fingerprint density at radius 2 is 1.81 bits per heavy atom. The summed E-state index contributed by atoms with van der Waals surface area (Å²) in [6.45, 7) is 1.62. The predicted molar refractivity (Wildman–Crippen MR) is 130 cm³/mol. The number of nitrogens with zero attached hydrogens (tertiary/aromatic N) is 2. The van der Waals surface area contributed by atoms with Gasteiger partial charge in [-0.3, -0.25) is 14.5 Å². The highest BCUT2D eigenvalue weighted by Gasteiger charge is 2.21. The van der Waals surface area contributed by atoms with Crippen molar-refractivity contribution in [1.29, 1.82) is 0 Å². The van der Waals surface area contributed by atoms with E-state index in [-0.39, 0.29) is 11.8 Å². The lowest BCUT2D eigenvalue weighted by atomic mass is 9.94. The first kappa shape index (κ1) is 22.3. The largest absolute Gasteiger partial charge is 0.322 e. The zero-order chi connectivity index (χ0) is 22.3. The van der Waals surface area contributed by atoms with Crippen LogP contribution in [0.4, 0.5) is 11.4 Å².